The van der Waals surface area contributed by atoms with Gasteiger partial charge in [0, 0.05) is 42.9 Å². The highest BCUT2D eigenvalue weighted by molar-refractivity contribution is 7.18. The van der Waals surface area contributed by atoms with Gasteiger partial charge in [-0.15, -0.1) is 11.3 Å². The van der Waals surface area contributed by atoms with E-state index in [1.54, 1.807) is 6.33 Å². The normalized spacial score (nSPS) is 21.1. The third-order valence-electron chi connectivity index (χ3n) is 6.75. The van der Waals surface area contributed by atoms with E-state index in [-0.39, 0.29) is 18.3 Å². The fraction of sp³-hybridized carbons (Fsp3) is 0.458. The molecule has 2 aliphatic heterocycles. The fourth-order valence-corrected chi connectivity index (χ4v) is 6.20. The summed E-state index contributed by atoms with van der Waals surface area (Å²) in [6.07, 6.45) is 1.20. The molecule has 9 heteroatoms. The Morgan fingerprint density at radius 3 is 2.64 bits per heavy atom. The van der Waals surface area contributed by atoms with Crippen LogP contribution in [0.3, 0.4) is 0 Å². The number of aromatic nitrogens is 2. The lowest BCUT2D eigenvalue weighted by atomic mass is 9.86. The first-order chi connectivity index (χ1) is 15.9. The number of carbonyl (C=O) groups is 1. The molecule has 2 aliphatic rings. The highest BCUT2D eigenvalue weighted by Gasteiger charge is 2.44. The Morgan fingerprint density at radius 1 is 1.12 bits per heavy atom. The Kier molecular flexibility index (Phi) is 6.01. The molecule has 1 unspecified atom stereocenters. The maximum atomic E-state index is 12.8. The van der Waals surface area contributed by atoms with Gasteiger partial charge in [0.15, 0.2) is 0 Å². The quantitative estimate of drug-likeness (QED) is 0.555. The SMILES string of the molecule is O=C(O)Cc1ccc(CN2CCC3(CCN(c4ncnc5sc(CC(F)F)cc45)C3)C2)cc1. The maximum absolute atomic E-state index is 12.8. The number of nitrogens with zero attached hydrogens (tertiary/aromatic N) is 4. The molecule has 6 nitrogen and oxygen atoms in total. The summed E-state index contributed by atoms with van der Waals surface area (Å²) in [6, 6.07) is 9.68. The van der Waals surface area contributed by atoms with Gasteiger partial charge in [0.05, 0.1) is 11.8 Å². The zero-order valence-corrected chi connectivity index (χ0v) is 19.0. The Labute approximate surface area is 194 Å². The van der Waals surface area contributed by atoms with Crippen molar-refractivity contribution in [3.8, 4) is 0 Å². The first kappa shape index (κ1) is 22.2. The Balaban J connectivity index is 1.25. The van der Waals surface area contributed by atoms with E-state index < -0.39 is 12.4 Å². The van der Waals surface area contributed by atoms with Crippen molar-refractivity contribution >= 4 is 33.3 Å². The summed E-state index contributed by atoms with van der Waals surface area (Å²) in [6.45, 7) is 4.71. The number of carboxylic acids is 1. The monoisotopic (exact) mass is 472 g/mol. The number of halogens is 2. The minimum Gasteiger partial charge on any atom is -0.481 e. The number of rotatable bonds is 7. The van der Waals surface area contributed by atoms with Crippen LogP contribution in [0.5, 0.6) is 0 Å². The topological polar surface area (TPSA) is 69.6 Å². The van der Waals surface area contributed by atoms with Crippen LogP contribution in [0, 0.1) is 5.41 Å². The third kappa shape index (κ3) is 4.84. The summed E-state index contributed by atoms with van der Waals surface area (Å²) in [5, 5.41) is 9.81. The molecule has 1 N–H and O–H groups in total. The van der Waals surface area contributed by atoms with Gasteiger partial charge in [-0.25, -0.2) is 18.7 Å². The fourth-order valence-electron chi connectivity index (χ4n) is 5.20. The number of fused-ring (bicyclic) bond motifs is 1. The Bertz CT molecular complexity index is 1150. The molecule has 2 saturated heterocycles. The van der Waals surface area contributed by atoms with Crippen molar-refractivity contribution < 1.29 is 18.7 Å². The number of alkyl halides is 2. The van der Waals surface area contributed by atoms with Crippen molar-refractivity contribution in [3.63, 3.8) is 0 Å². The molecule has 2 aromatic heterocycles. The van der Waals surface area contributed by atoms with Gasteiger partial charge in [-0.05, 0) is 36.6 Å². The van der Waals surface area contributed by atoms with Crippen molar-refractivity contribution in [1.29, 1.82) is 0 Å². The Morgan fingerprint density at radius 2 is 1.88 bits per heavy atom. The van der Waals surface area contributed by atoms with Crippen LogP contribution in [0.15, 0.2) is 36.7 Å². The van der Waals surface area contributed by atoms with Crippen LogP contribution in [0.2, 0.25) is 0 Å². The first-order valence-corrected chi connectivity index (χ1v) is 12.0. The van der Waals surface area contributed by atoms with E-state index in [4.69, 9.17) is 5.11 Å². The average molecular weight is 473 g/mol. The van der Waals surface area contributed by atoms with E-state index in [2.05, 4.69) is 19.8 Å². The van der Waals surface area contributed by atoms with E-state index in [0.29, 0.717) is 4.88 Å². The molecular weight excluding hydrogens is 446 g/mol. The molecule has 1 aromatic carbocycles. The summed E-state index contributed by atoms with van der Waals surface area (Å²) in [4.78, 5) is 25.9. The number of anilines is 1. The molecule has 0 bridgehead atoms. The van der Waals surface area contributed by atoms with E-state index in [1.165, 1.54) is 16.9 Å². The number of hydrogen-bond donors (Lipinski definition) is 1. The predicted molar refractivity (Wildman–Crippen MR) is 124 cm³/mol. The number of benzene rings is 1. The van der Waals surface area contributed by atoms with Crippen molar-refractivity contribution in [2.45, 2.75) is 38.7 Å². The van der Waals surface area contributed by atoms with E-state index in [1.807, 2.05) is 30.3 Å². The van der Waals surface area contributed by atoms with Gasteiger partial charge in [0.1, 0.15) is 17.0 Å². The van der Waals surface area contributed by atoms with Crippen LogP contribution in [-0.2, 0) is 24.2 Å². The van der Waals surface area contributed by atoms with E-state index in [0.717, 1.165) is 67.2 Å². The van der Waals surface area contributed by atoms with Gasteiger partial charge in [0.25, 0.3) is 0 Å². The summed E-state index contributed by atoms with van der Waals surface area (Å²) in [5.74, 6) is 0.0461. The first-order valence-electron chi connectivity index (χ1n) is 11.2. The largest absolute Gasteiger partial charge is 0.481 e. The second-order valence-electron chi connectivity index (χ2n) is 9.24. The van der Waals surface area contributed by atoms with Gasteiger partial charge < -0.3 is 10.0 Å². The summed E-state index contributed by atoms with van der Waals surface area (Å²) in [7, 11) is 0. The number of likely N-dealkylation sites (tertiary alicyclic amines) is 1. The van der Waals surface area contributed by atoms with Crippen LogP contribution < -0.4 is 4.90 Å². The lowest BCUT2D eigenvalue weighted by molar-refractivity contribution is -0.136. The second kappa shape index (κ2) is 8.95. The molecule has 0 saturated carbocycles. The molecule has 0 radical (unpaired) electrons. The third-order valence-corrected chi connectivity index (χ3v) is 7.82. The minimum absolute atomic E-state index is 0.0486. The molecule has 0 aliphatic carbocycles. The average Bonchev–Trinajstić information content (AvgIpc) is 3.47. The molecular formula is C24H26F2N4O2S. The zero-order valence-electron chi connectivity index (χ0n) is 18.2. The Hall–Kier alpha value is -2.65. The lowest BCUT2D eigenvalue weighted by Gasteiger charge is -2.25. The molecule has 0 amide bonds. The standard InChI is InChI=1S/C24H26F2N4O2S/c25-20(26)11-18-10-19-22(27-15-28-23(19)33-18)30-8-6-24(14-30)5-7-29(13-24)12-17-3-1-16(2-4-17)9-21(31)32/h1-4,10,15,20H,5-9,11-14H2,(H,31,32). The van der Waals surface area contributed by atoms with Gasteiger partial charge in [-0.1, -0.05) is 24.3 Å². The van der Waals surface area contributed by atoms with Crippen molar-refractivity contribution in [3.05, 3.63) is 52.7 Å². The predicted octanol–water partition coefficient (Wildman–Crippen LogP) is 4.23. The molecule has 4 heterocycles. The van der Waals surface area contributed by atoms with Gasteiger partial charge >= 0.3 is 5.97 Å². The van der Waals surface area contributed by atoms with Crippen LogP contribution in [0.25, 0.3) is 10.2 Å². The van der Waals surface area contributed by atoms with Crippen LogP contribution in [0.4, 0.5) is 14.6 Å². The van der Waals surface area contributed by atoms with Crippen LogP contribution >= 0.6 is 11.3 Å². The molecule has 33 heavy (non-hydrogen) atoms. The summed E-state index contributed by atoms with van der Waals surface area (Å²) in [5.41, 5.74) is 2.22. The second-order valence-corrected chi connectivity index (χ2v) is 10.4. The van der Waals surface area contributed by atoms with Crippen molar-refractivity contribution in [2.24, 2.45) is 5.41 Å². The number of aliphatic carboxylic acids is 1. The van der Waals surface area contributed by atoms with Crippen molar-refractivity contribution in [1.82, 2.24) is 14.9 Å². The summed E-state index contributed by atoms with van der Waals surface area (Å²) < 4.78 is 25.7. The molecule has 1 spiro atoms. The molecule has 3 aromatic rings. The molecule has 2 fully saturated rings. The molecule has 174 valence electrons. The van der Waals surface area contributed by atoms with E-state index >= 15 is 0 Å². The molecule has 1 atom stereocenters. The zero-order chi connectivity index (χ0) is 23.0. The smallest absolute Gasteiger partial charge is 0.307 e. The molecule has 5 rings (SSSR count). The highest BCUT2D eigenvalue weighted by Crippen LogP contribution is 2.43. The minimum atomic E-state index is -2.36. The maximum Gasteiger partial charge on any atom is 0.307 e. The van der Waals surface area contributed by atoms with Crippen LogP contribution in [0.1, 0.15) is 28.8 Å². The lowest BCUT2D eigenvalue weighted by Crippen LogP contribution is -2.31. The van der Waals surface area contributed by atoms with Crippen molar-refractivity contribution in [2.75, 3.05) is 31.1 Å². The number of thiophene rings is 1. The number of carboxylic acid groups (broad SMARTS) is 1. The van der Waals surface area contributed by atoms with Gasteiger partial charge in [0.2, 0.25) is 6.43 Å². The van der Waals surface area contributed by atoms with E-state index in [9.17, 15) is 13.6 Å². The van der Waals surface area contributed by atoms with Crippen LogP contribution in [-0.4, -0.2) is 58.5 Å². The van der Waals surface area contributed by atoms with Gasteiger partial charge in [-0.3, -0.25) is 9.69 Å². The number of hydrogen-bond acceptors (Lipinski definition) is 6. The van der Waals surface area contributed by atoms with Gasteiger partial charge in [-0.2, -0.15) is 0 Å². The highest BCUT2D eigenvalue weighted by atomic mass is 32.1. The summed E-state index contributed by atoms with van der Waals surface area (Å²) >= 11 is 1.33.